The van der Waals surface area contributed by atoms with Crippen molar-refractivity contribution in [3.05, 3.63) is 88.7 Å². The fourth-order valence-corrected chi connectivity index (χ4v) is 4.67. The van der Waals surface area contributed by atoms with Gasteiger partial charge < -0.3 is 10.1 Å². The van der Waals surface area contributed by atoms with Gasteiger partial charge in [-0.15, -0.1) is 11.8 Å². The Kier molecular flexibility index (Phi) is 6.67. The Balaban J connectivity index is 1.48. The summed E-state index contributed by atoms with van der Waals surface area (Å²) in [5.74, 6) is -0.136. The lowest BCUT2D eigenvalue weighted by Crippen LogP contribution is -2.29. The lowest BCUT2D eigenvalue weighted by molar-refractivity contribution is -0.118. The molecule has 8 heteroatoms. The summed E-state index contributed by atoms with van der Waals surface area (Å²) < 4.78 is 20.0. The van der Waals surface area contributed by atoms with E-state index in [-0.39, 0.29) is 35.2 Å². The first-order valence-electron chi connectivity index (χ1n) is 9.89. The average Bonchev–Trinajstić information content (AvgIpc) is 3.16. The summed E-state index contributed by atoms with van der Waals surface area (Å²) in [6.07, 6.45) is 0. The zero-order chi connectivity index (χ0) is 22.7. The van der Waals surface area contributed by atoms with Gasteiger partial charge in [0.2, 0.25) is 5.91 Å². The third-order valence-corrected chi connectivity index (χ3v) is 6.33. The van der Waals surface area contributed by atoms with Crippen LogP contribution >= 0.6 is 23.4 Å². The van der Waals surface area contributed by atoms with E-state index in [1.807, 2.05) is 13.0 Å². The van der Waals surface area contributed by atoms with Crippen molar-refractivity contribution in [2.24, 2.45) is 0 Å². The molecule has 3 aromatic rings. The number of nitrogens with zero attached hydrogens (tertiary/aromatic N) is 1. The molecule has 0 spiro atoms. The van der Waals surface area contributed by atoms with Crippen LogP contribution in [0.2, 0.25) is 5.02 Å². The first kappa shape index (κ1) is 22.2. The zero-order valence-electron chi connectivity index (χ0n) is 17.2. The minimum Gasteiger partial charge on any atom is -0.484 e. The number of anilines is 2. The molecule has 32 heavy (non-hydrogen) atoms. The number of rotatable bonds is 6. The maximum absolute atomic E-state index is 14.5. The number of amides is 2. The highest BCUT2D eigenvalue weighted by atomic mass is 35.5. The summed E-state index contributed by atoms with van der Waals surface area (Å²) in [6.45, 7) is 1.69. The van der Waals surface area contributed by atoms with E-state index in [2.05, 4.69) is 5.32 Å². The Morgan fingerprint density at radius 3 is 2.75 bits per heavy atom. The minimum absolute atomic E-state index is 0.157. The first-order chi connectivity index (χ1) is 15.4. The van der Waals surface area contributed by atoms with E-state index in [4.69, 9.17) is 16.3 Å². The Morgan fingerprint density at radius 2 is 1.97 bits per heavy atom. The molecule has 4 rings (SSSR count). The quantitative estimate of drug-likeness (QED) is 0.510. The van der Waals surface area contributed by atoms with Gasteiger partial charge in [0, 0.05) is 10.7 Å². The number of hydrogen-bond acceptors (Lipinski definition) is 4. The molecule has 0 saturated carbocycles. The first-order valence-corrected chi connectivity index (χ1v) is 11.3. The van der Waals surface area contributed by atoms with Gasteiger partial charge in [-0.2, -0.15) is 0 Å². The van der Waals surface area contributed by atoms with Crippen molar-refractivity contribution in [1.29, 1.82) is 0 Å². The predicted molar refractivity (Wildman–Crippen MR) is 126 cm³/mol. The standard InChI is InChI=1S/C24H20ClFN2O3S/c1-15-5-10-20(26)21(11-15)28-23(30)14-32-24(28)16-3-2-4-18(12-16)27-22(29)13-31-19-8-6-17(25)7-9-19/h2-12,24H,13-14H2,1H3,(H,27,29)/t24-/m1/s1. The molecule has 0 aromatic heterocycles. The number of thioether (sulfide) groups is 1. The zero-order valence-corrected chi connectivity index (χ0v) is 18.8. The topological polar surface area (TPSA) is 58.6 Å². The third kappa shape index (κ3) is 5.06. The summed E-state index contributed by atoms with van der Waals surface area (Å²) in [4.78, 5) is 26.4. The van der Waals surface area contributed by atoms with Crippen molar-refractivity contribution >= 4 is 46.6 Å². The molecule has 1 saturated heterocycles. The molecule has 1 aliphatic heterocycles. The van der Waals surface area contributed by atoms with E-state index in [0.29, 0.717) is 16.5 Å². The van der Waals surface area contributed by atoms with Crippen molar-refractivity contribution in [3.63, 3.8) is 0 Å². The number of benzene rings is 3. The lowest BCUT2D eigenvalue weighted by atomic mass is 10.1. The number of carbonyl (C=O) groups excluding carboxylic acids is 2. The second kappa shape index (κ2) is 9.63. The van der Waals surface area contributed by atoms with Gasteiger partial charge in [0.1, 0.15) is 16.9 Å². The molecule has 2 amide bonds. The maximum Gasteiger partial charge on any atom is 0.262 e. The van der Waals surface area contributed by atoms with Crippen LogP contribution in [-0.4, -0.2) is 24.2 Å². The molecule has 0 aliphatic carbocycles. The molecule has 1 aliphatic rings. The number of aryl methyl sites for hydroxylation is 1. The van der Waals surface area contributed by atoms with Crippen LogP contribution in [-0.2, 0) is 9.59 Å². The van der Waals surface area contributed by atoms with Crippen molar-refractivity contribution in [2.45, 2.75) is 12.3 Å². The molecule has 0 radical (unpaired) electrons. The second-order valence-electron chi connectivity index (χ2n) is 7.30. The molecule has 0 bridgehead atoms. The van der Waals surface area contributed by atoms with Crippen LogP contribution in [0.4, 0.5) is 15.8 Å². The summed E-state index contributed by atoms with van der Waals surface area (Å²) >= 11 is 7.26. The van der Waals surface area contributed by atoms with E-state index in [0.717, 1.165) is 11.1 Å². The maximum atomic E-state index is 14.5. The van der Waals surface area contributed by atoms with Crippen LogP contribution in [0.5, 0.6) is 5.75 Å². The molecule has 5 nitrogen and oxygen atoms in total. The molecule has 1 atom stereocenters. The number of ether oxygens (including phenoxy) is 1. The van der Waals surface area contributed by atoms with Gasteiger partial charge in [-0.25, -0.2) is 4.39 Å². The lowest BCUT2D eigenvalue weighted by Gasteiger charge is -2.25. The van der Waals surface area contributed by atoms with E-state index < -0.39 is 5.82 Å². The smallest absolute Gasteiger partial charge is 0.262 e. The van der Waals surface area contributed by atoms with Gasteiger partial charge in [0.25, 0.3) is 5.91 Å². The largest absolute Gasteiger partial charge is 0.484 e. The number of carbonyl (C=O) groups is 2. The number of hydrogen-bond donors (Lipinski definition) is 1. The van der Waals surface area contributed by atoms with Gasteiger partial charge in [-0.3, -0.25) is 14.5 Å². The molecule has 1 fully saturated rings. The third-order valence-electron chi connectivity index (χ3n) is 4.87. The SMILES string of the molecule is Cc1ccc(F)c(N2C(=O)CS[C@@H]2c2cccc(NC(=O)COc3ccc(Cl)cc3)c2)c1. The fraction of sp³-hybridized carbons (Fsp3) is 0.167. The van der Waals surface area contributed by atoms with Gasteiger partial charge in [0.05, 0.1) is 11.4 Å². The monoisotopic (exact) mass is 470 g/mol. The van der Waals surface area contributed by atoms with Gasteiger partial charge in [-0.1, -0.05) is 29.8 Å². The number of halogens is 2. The van der Waals surface area contributed by atoms with E-state index in [1.165, 1.54) is 22.7 Å². The highest BCUT2D eigenvalue weighted by molar-refractivity contribution is 8.00. The Bertz CT molecular complexity index is 1160. The van der Waals surface area contributed by atoms with Gasteiger partial charge >= 0.3 is 0 Å². The van der Waals surface area contributed by atoms with E-state index >= 15 is 0 Å². The predicted octanol–water partition coefficient (Wildman–Crippen LogP) is 5.58. The molecular formula is C24H20ClFN2O3S. The van der Waals surface area contributed by atoms with Crippen LogP contribution in [0.25, 0.3) is 0 Å². The highest BCUT2D eigenvalue weighted by Gasteiger charge is 2.35. The van der Waals surface area contributed by atoms with E-state index in [9.17, 15) is 14.0 Å². The fourth-order valence-electron chi connectivity index (χ4n) is 3.39. The van der Waals surface area contributed by atoms with Crippen LogP contribution in [0.1, 0.15) is 16.5 Å². The number of nitrogens with one attached hydrogen (secondary N) is 1. The molecule has 164 valence electrons. The second-order valence-corrected chi connectivity index (χ2v) is 8.80. The van der Waals surface area contributed by atoms with Crippen molar-refractivity contribution in [3.8, 4) is 5.75 Å². The summed E-state index contributed by atoms with van der Waals surface area (Å²) in [7, 11) is 0. The van der Waals surface area contributed by atoms with Crippen molar-refractivity contribution in [1.82, 2.24) is 0 Å². The average molecular weight is 471 g/mol. The van der Waals surface area contributed by atoms with Crippen molar-refractivity contribution < 1.29 is 18.7 Å². The van der Waals surface area contributed by atoms with Crippen LogP contribution < -0.4 is 15.0 Å². The van der Waals surface area contributed by atoms with Crippen LogP contribution in [0, 0.1) is 12.7 Å². The van der Waals surface area contributed by atoms with Gasteiger partial charge in [0.15, 0.2) is 6.61 Å². The van der Waals surface area contributed by atoms with Crippen LogP contribution in [0.15, 0.2) is 66.7 Å². The van der Waals surface area contributed by atoms with Gasteiger partial charge in [-0.05, 0) is 66.6 Å². The molecular weight excluding hydrogens is 451 g/mol. The summed E-state index contributed by atoms with van der Waals surface area (Å²) in [6, 6.07) is 18.6. The van der Waals surface area contributed by atoms with Crippen LogP contribution in [0.3, 0.4) is 0 Å². The Labute approximate surface area is 194 Å². The molecule has 1 heterocycles. The van der Waals surface area contributed by atoms with Crippen molar-refractivity contribution in [2.75, 3.05) is 22.6 Å². The Hall–Kier alpha value is -3.03. The van der Waals surface area contributed by atoms with E-state index in [1.54, 1.807) is 54.6 Å². The molecule has 1 N–H and O–H groups in total. The highest BCUT2D eigenvalue weighted by Crippen LogP contribution is 2.43. The molecule has 3 aromatic carbocycles. The Morgan fingerprint density at radius 1 is 1.19 bits per heavy atom. The molecule has 0 unspecified atom stereocenters. The minimum atomic E-state index is -0.444. The normalized spacial score (nSPS) is 15.7. The summed E-state index contributed by atoms with van der Waals surface area (Å²) in [5.41, 5.74) is 2.48. The summed E-state index contributed by atoms with van der Waals surface area (Å²) in [5, 5.41) is 2.99.